The van der Waals surface area contributed by atoms with Gasteiger partial charge in [0, 0.05) is 16.6 Å². The largest absolute Gasteiger partial charge is 0.348 e. The molecule has 18 heavy (non-hydrogen) atoms. The number of carbonyl (C=O) groups is 1. The fourth-order valence-corrected chi connectivity index (χ4v) is 2.02. The molecule has 0 aliphatic carbocycles. The second kappa shape index (κ2) is 5.83. The first kappa shape index (κ1) is 12.8. The maximum absolute atomic E-state index is 11.9. The van der Waals surface area contributed by atoms with Crippen molar-refractivity contribution in [2.75, 3.05) is 0 Å². The lowest BCUT2D eigenvalue weighted by Crippen LogP contribution is -2.22. The number of aryl methyl sites for hydroxylation is 1. The molecule has 1 amide bonds. The van der Waals surface area contributed by atoms with Crippen LogP contribution in [0.2, 0.25) is 0 Å². The highest BCUT2D eigenvalue weighted by Crippen LogP contribution is 2.11. The van der Waals surface area contributed by atoms with E-state index in [0.29, 0.717) is 12.1 Å². The van der Waals surface area contributed by atoms with Crippen LogP contribution in [0.25, 0.3) is 0 Å². The molecule has 0 saturated carbocycles. The predicted octanol–water partition coefficient (Wildman–Crippen LogP) is 3.69. The van der Waals surface area contributed by atoms with Gasteiger partial charge in [-0.15, -0.1) is 0 Å². The molecule has 0 saturated heterocycles. The van der Waals surface area contributed by atoms with Crippen molar-refractivity contribution in [2.45, 2.75) is 13.5 Å². The maximum atomic E-state index is 11.9. The normalized spacial score (nSPS) is 10.1. The van der Waals surface area contributed by atoms with Crippen LogP contribution in [0.1, 0.15) is 21.5 Å². The minimum atomic E-state index is -0.0584. The molecule has 2 aromatic carbocycles. The van der Waals surface area contributed by atoms with E-state index in [4.69, 9.17) is 0 Å². The molecule has 0 aromatic heterocycles. The van der Waals surface area contributed by atoms with Gasteiger partial charge in [-0.2, -0.15) is 0 Å². The van der Waals surface area contributed by atoms with Gasteiger partial charge in [-0.25, -0.2) is 0 Å². The number of carbonyl (C=O) groups excluding carboxylic acids is 1. The van der Waals surface area contributed by atoms with Crippen LogP contribution >= 0.6 is 15.9 Å². The fraction of sp³-hybridized carbons (Fsp3) is 0.133. The van der Waals surface area contributed by atoms with E-state index < -0.39 is 0 Å². The minimum Gasteiger partial charge on any atom is -0.348 e. The summed E-state index contributed by atoms with van der Waals surface area (Å²) in [7, 11) is 0. The first-order valence-corrected chi connectivity index (χ1v) is 6.54. The average molecular weight is 304 g/mol. The van der Waals surface area contributed by atoms with Gasteiger partial charge in [-0.05, 0) is 30.7 Å². The van der Waals surface area contributed by atoms with Crippen molar-refractivity contribution in [2.24, 2.45) is 0 Å². The lowest BCUT2D eigenvalue weighted by molar-refractivity contribution is 0.0951. The standard InChI is InChI=1S/C15H14BrNO/c1-11-5-7-12(8-6-11)10-17-15(18)13-3-2-4-14(16)9-13/h2-9H,10H2,1H3,(H,17,18). The van der Waals surface area contributed by atoms with E-state index in [9.17, 15) is 4.79 Å². The van der Waals surface area contributed by atoms with Gasteiger partial charge in [0.15, 0.2) is 0 Å². The van der Waals surface area contributed by atoms with E-state index in [1.165, 1.54) is 5.56 Å². The lowest BCUT2D eigenvalue weighted by atomic mass is 10.1. The highest BCUT2D eigenvalue weighted by molar-refractivity contribution is 9.10. The van der Waals surface area contributed by atoms with E-state index >= 15 is 0 Å². The summed E-state index contributed by atoms with van der Waals surface area (Å²) in [6.45, 7) is 2.59. The lowest BCUT2D eigenvalue weighted by Gasteiger charge is -2.06. The van der Waals surface area contributed by atoms with Gasteiger partial charge < -0.3 is 5.32 Å². The van der Waals surface area contributed by atoms with Crippen molar-refractivity contribution in [3.8, 4) is 0 Å². The minimum absolute atomic E-state index is 0.0584. The van der Waals surface area contributed by atoms with Crippen molar-refractivity contribution in [1.29, 1.82) is 0 Å². The molecule has 2 rings (SSSR count). The number of nitrogens with one attached hydrogen (secondary N) is 1. The molecule has 0 atom stereocenters. The summed E-state index contributed by atoms with van der Waals surface area (Å²) >= 11 is 3.35. The molecule has 92 valence electrons. The van der Waals surface area contributed by atoms with E-state index in [1.807, 2.05) is 49.4 Å². The topological polar surface area (TPSA) is 29.1 Å². The second-order valence-electron chi connectivity index (χ2n) is 4.18. The fourth-order valence-electron chi connectivity index (χ4n) is 1.62. The molecule has 0 aliphatic rings. The first-order valence-electron chi connectivity index (χ1n) is 5.74. The van der Waals surface area contributed by atoms with Crippen LogP contribution in [0.4, 0.5) is 0 Å². The Labute approximate surface area is 115 Å². The summed E-state index contributed by atoms with van der Waals surface area (Å²) < 4.78 is 0.908. The van der Waals surface area contributed by atoms with Gasteiger partial charge in [-0.3, -0.25) is 4.79 Å². The van der Waals surface area contributed by atoms with Crippen molar-refractivity contribution < 1.29 is 4.79 Å². The van der Waals surface area contributed by atoms with Crippen LogP contribution < -0.4 is 5.32 Å². The van der Waals surface area contributed by atoms with Crippen LogP contribution in [0.3, 0.4) is 0 Å². The van der Waals surface area contributed by atoms with E-state index in [-0.39, 0.29) is 5.91 Å². The summed E-state index contributed by atoms with van der Waals surface area (Å²) in [6.07, 6.45) is 0. The van der Waals surface area contributed by atoms with Crippen molar-refractivity contribution in [3.05, 3.63) is 69.7 Å². The van der Waals surface area contributed by atoms with Gasteiger partial charge in [-0.1, -0.05) is 51.8 Å². The van der Waals surface area contributed by atoms with Gasteiger partial charge in [0.25, 0.3) is 5.91 Å². The quantitative estimate of drug-likeness (QED) is 0.920. The van der Waals surface area contributed by atoms with Crippen molar-refractivity contribution >= 4 is 21.8 Å². The van der Waals surface area contributed by atoms with Crippen molar-refractivity contribution in [1.82, 2.24) is 5.32 Å². The van der Waals surface area contributed by atoms with Gasteiger partial charge in [0.2, 0.25) is 0 Å². The number of halogens is 1. The van der Waals surface area contributed by atoms with Crippen LogP contribution in [-0.4, -0.2) is 5.91 Å². The number of hydrogen-bond donors (Lipinski definition) is 1. The number of amides is 1. The SMILES string of the molecule is Cc1ccc(CNC(=O)c2cccc(Br)c2)cc1. The highest BCUT2D eigenvalue weighted by atomic mass is 79.9. The molecular weight excluding hydrogens is 290 g/mol. The molecule has 0 heterocycles. The second-order valence-corrected chi connectivity index (χ2v) is 5.09. The Bertz CT molecular complexity index is 549. The Balaban J connectivity index is 1.98. The smallest absolute Gasteiger partial charge is 0.251 e. The third-order valence-electron chi connectivity index (χ3n) is 2.66. The molecule has 2 nitrogen and oxygen atoms in total. The van der Waals surface area contributed by atoms with E-state index in [2.05, 4.69) is 21.2 Å². The summed E-state index contributed by atoms with van der Waals surface area (Å²) in [5, 5.41) is 2.90. The zero-order valence-corrected chi connectivity index (χ0v) is 11.7. The van der Waals surface area contributed by atoms with E-state index in [1.54, 1.807) is 6.07 Å². The monoisotopic (exact) mass is 303 g/mol. The van der Waals surface area contributed by atoms with Gasteiger partial charge >= 0.3 is 0 Å². The average Bonchev–Trinajstić information content (AvgIpc) is 2.38. The molecule has 3 heteroatoms. The predicted molar refractivity (Wildman–Crippen MR) is 76.5 cm³/mol. The summed E-state index contributed by atoms with van der Waals surface area (Å²) in [4.78, 5) is 11.9. The molecule has 0 aliphatic heterocycles. The molecule has 0 fully saturated rings. The molecular formula is C15H14BrNO. The van der Waals surface area contributed by atoms with Crippen LogP contribution in [-0.2, 0) is 6.54 Å². The van der Waals surface area contributed by atoms with E-state index in [0.717, 1.165) is 10.0 Å². The van der Waals surface area contributed by atoms with Crippen LogP contribution in [0.15, 0.2) is 53.0 Å². The number of hydrogen-bond acceptors (Lipinski definition) is 1. The number of rotatable bonds is 3. The first-order chi connectivity index (χ1) is 8.65. The third-order valence-corrected chi connectivity index (χ3v) is 3.15. The van der Waals surface area contributed by atoms with Crippen LogP contribution in [0.5, 0.6) is 0 Å². The zero-order valence-electron chi connectivity index (χ0n) is 10.1. The Morgan fingerprint density at radius 2 is 1.89 bits per heavy atom. The van der Waals surface area contributed by atoms with Gasteiger partial charge in [0.1, 0.15) is 0 Å². The molecule has 1 N–H and O–H groups in total. The number of benzene rings is 2. The Morgan fingerprint density at radius 1 is 1.17 bits per heavy atom. The zero-order chi connectivity index (χ0) is 13.0. The Kier molecular flexibility index (Phi) is 4.15. The third kappa shape index (κ3) is 3.44. The van der Waals surface area contributed by atoms with Gasteiger partial charge in [0.05, 0.1) is 0 Å². The van der Waals surface area contributed by atoms with Crippen LogP contribution in [0, 0.1) is 6.92 Å². The maximum Gasteiger partial charge on any atom is 0.251 e. The summed E-state index contributed by atoms with van der Waals surface area (Å²) in [6, 6.07) is 15.5. The Hall–Kier alpha value is -1.61. The molecule has 0 bridgehead atoms. The highest BCUT2D eigenvalue weighted by Gasteiger charge is 2.05. The molecule has 0 unspecified atom stereocenters. The molecule has 0 radical (unpaired) electrons. The summed E-state index contributed by atoms with van der Waals surface area (Å²) in [5.41, 5.74) is 2.98. The molecule has 0 spiro atoms. The summed E-state index contributed by atoms with van der Waals surface area (Å²) in [5.74, 6) is -0.0584. The molecule has 2 aromatic rings. The van der Waals surface area contributed by atoms with Crippen molar-refractivity contribution in [3.63, 3.8) is 0 Å². The Morgan fingerprint density at radius 3 is 2.56 bits per heavy atom.